The summed E-state index contributed by atoms with van der Waals surface area (Å²) in [5, 5.41) is 9.01. The van der Waals surface area contributed by atoms with Gasteiger partial charge < -0.3 is 14.7 Å². The van der Waals surface area contributed by atoms with E-state index in [0.717, 1.165) is 6.26 Å². The molecular weight excluding hydrogens is 262 g/mol. The maximum absolute atomic E-state index is 11.8. The Kier molecular flexibility index (Phi) is 4.69. The predicted molar refractivity (Wildman–Crippen MR) is 62.8 cm³/mol. The van der Waals surface area contributed by atoms with Crippen molar-refractivity contribution in [3.63, 3.8) is 0 Å². The topological polar surface area (TPSA) is 101 Å². The highest BCUT2D eigenvalue weighted by Gasteiger charge is 2.39. The average Bonchev–Trinajstić information content (AvgIpc) is 2.64. The Balaban J connectivity index is 2.83. The van der Waals surface area contributed by atoms with E-state index in [0.29, 0.717) is 0 Å². The van der Waals surface area contributed by atoms with Gasteiger partial charge in [-0.15, -0.1) is 0 Å². The predicted octanol–water partition coefficient (Wildman–Crippen LogP) is -1.02. The first-order valence-corrected chi connectivity index (χ1v) is 7.60. The summed E-state index contributed by atoms with van der Waals surface area (Å²) in [6.45, 7) is 2.10. The molecule has 0 spiro atoms. The molecule has 1 aliphatic rings. The van der Waals surface area contributed by atoms with Crippen molar-refractivity contribution in [3.8, 4) is 0 Å². The van der Waals surface area contributed by atoms with Crippen LogP contribution in [0.2, 0.25) is 0 Å². The second-order valence-corrected chi connectivity index (χ2v) is 6.44. The van der Waals surface area contributed by atoms with Crippen molar-refractivity contribution in [2.75, 3.05) is 31.8 Å². The summed E-state index contributed by atoms with van der Waals surface area (Å²) in [5.41, 5.74) is 0. The summed E-state index contributed by atoms with van der Waals surface area (Å²) >= 11 is 0. The van der Waals surface area contributed by atoms with Gasteiger partial charge in [-0.2, -0.15) is 0 Å². The first kappa shape index (κ1) is 14.9. The van der Waals surface area contributed by atoms with Crippen LogP contribution >= 0.6 is 0 Å². The van der Waals surface area contributed by atoms with E-state index in [1.54, 1.807) is 6.92 Å². The molecule has 1 heterocycles. The lowest BCUT2D eigenvalue weighted by Crippen LogP contribution is -2.48. The number of amides is 1. The molecule has 1 aliphatic heterocycles. The van der Waals surface area contributed by atoms with Crippen molar-refractivity contribution in [2.45, 2.75) is 13.0 Å². The van der Waals surface area contributed by atoms with Crippen LogP contribution < -0.4 is 0 Å². The number of likely N-dealkylation sites (N-methyl/N-ethyl adjacent to an activating group) is 1. The van der Waals surface area contributed by atoms with Crippen LogP contribution in [0.1, 0.15) is 6.92 Å². The van der Waals surface area contributed by atoms with Gasteiger partial charge >= 0.3 is 5.97 Å². The van der Waals surface area contributed by atoms with Crippen molar-refractivity contribution < 1.29 is 27.9 Å². The summed E-state index contributed by atoms with van der Waals surface area (Å²) in [5.74, 6) is -3.03. The Bertz CT molecular complexity index is 432. The number of carbonyl (C=O) groups is 2. The molecule has 0 saturated carbocycles. The van der Waals surface area contributed by atoms with E-state index in [1.807, 2.05) is 0 Å². The van der Waals surface area contributed by atoms with Crippen LogP contribution in [-0.4, -0.2) is 68.1 Å². The van der Waals surface area contributed by atoms with Crippen LogP contribution in [0.25, 0.3) is 0 Å². The van der Waals surface area contributed by atoms with Gasteiger partial charge in [0.1, 0.15) is 11.7 Å². The summed E-state index contributed by atoms with van der Waals surface area (Å²) < 4.78 is 27.3. The normalized spacial score (nSPS) is 23.9. The molecule has 0 radical (unpaired) electrons. The van der Waals surface area contributed by atoms with E-state index in [-0.39, 0.29) is 19.8 Å². The van der Waals surface area contributed by atoms with Gasteiger partial charge in [0, 0.05) is 12.8 Å². The van der Waals surface area contributed by atoms with Gasteiger partial charge in [0.2, 0.25) is 5.91 Å². The molecule has 8 heteroatoms. The van der Waals surface area contributed by atoms with E-state index in [4.69, 9.17) is 9.84 Å². The summed E-state index contributed by atoms with van der Waals surface area (Å²) in [7, 11) is -3.43. The zero-order chi connectivity index (χ0) is 13.9. The van der Waals surface area contributed by atoms with Crippen LogP contribution in [0.5, 0.6) is 0 Å². The SMILES string of the molecule is CCN(C(=O)CS(C)(=O)=O)C1COCC1C(=O)O. The van der Waals surface area contributed by atoms with Crippen LogP contribution in [-0.2, 0) is 24.2 Å². The minimum absolute atomic E-state index is 0.0443. The maximum atomic E-state index is 11.8. The molecular formula is C10H17NO6S. The smallest absolute Gasteiger partial charge is 0.311 e. The van der Waals surface area contributed by atoms with Gasteiger partial charge in [0.05, 0.1) is 19.3 Å². The average molecular weight is 279 g/mol. The maximum Gasteiger partial charge on any atom is 0.311 e. The fourth-order valence-electron chi connectivity index (χ4n) is 1.99. The zero-order valence-corrected chi connectivity index (χ0v) is 11.1. The molecule has 1 saturated heterocycles. The molecule has 104 valence electrons. The number of carbonyl (C=O) groups excluding carboxylic acids is 1. The summed E-state index contributed by atoms with van der Waals surface area (Å²) in [6, 6.07) is -0.596. The van der Waals surface area contributed by atoms with E-state index in [2.05, 4.69) is 0 Å². The molecule has 2 atom stereocenters. The molecule has 0 bridgehead atoms. The van der Waals surface area contributed by atoms with Gasteiger partial charge in [-0.3, -0.25) is 9.59 Å². The largest absolute Gasteiger partial charge is 0.481 e. The molecule has 2 unspecified atom stereocenters. The molecule has 0 aromatic rings. The quantitative estimate of drug-likeness (QED) is 0.691. The number of hydrogen-bond acceptors (Lipinski definition) is 5. The van der Waals surface area contributed by atoms with Crippen molar-refractivity contribution in [1.82, 2.24) is 4.90 Å². The highest BCUT2D eigenvalue weighted by Crippen LogP contribution is 2.20. The number of nitrogens with zero attached hydrogens (tertiary/aromatic N) is 1. The Morgan fingerprint density at radius 3 is 2.44 bits per heavy atom. The lowest BCUT2D eigenvalue weighted by molar-refractivity contribution is -0.144. The van der Waals surface area contributed by atoms with Crippen LogP contribution in [0, 0.1) is 5.92 Å². The first-order chi connectivity index (χ1) is 8.26. The molecule has 1 fully saturated rings. The molecule has 0 aromatic carbocycles. The number of ether oxygens (including phenoxy) is 1. The number of carboxylic acid groups (broad SMARTS) is 1. The fourth-order valence-corrected chi connectivity index (χ4v) is 2.60. The van der Waals surface area contributed by atoms with Gasteiger partial charge in [-0.25, -0.2) is 8.42 Å². The second kappa shape index (κ2) is 5.66. The second-order valence-electron chi connectivity index (χ2n) is 4.30. The van der Waals surface area contributed by atoms with Gasteiger partial charge in [-0.05, 0) is 6.92 Å². The van der Waals surface area contributed by atoms with Crippen LogP contribution in [0.15, 0.2) is 0 Å². The Labute approximate surface area is 106 Å². The van der Waals surface area contributed by atoms with Gasteiger partial charge in [0.15, 0.2) is 9.84 Å². The van der Waals surface area contributed by atoms with Gasteiger partial charge in [-0.1, -0.05) is 0 Å². The molecule has 1 amide bonds. The number of rotatable bonds is 5. The molecule has 0 aromatic heterocycles. The number of aliphatic carboxylic acids is 1. The van der Waals surface area contributed by atoms with Crippen molar-refractivity contribution in [2.24, 2.45) is 5.92 Å². The Morgan fingerprint density at radius 2 is 2.00 bits per heavy atom. The Morgan fingerprint density at radius 1 is 1.39 bits per heavy atom. The molecule has 0 aliphatic carbocycles. The third-order valence-electron chi connectivity index (χ3n) is 2.81. The molecule has 18 heavy (non-hydrogen) atoms. The minimum atomic E-state index is -3.43. The minimum Gasteiger partial charge on any atom is -0.481 e. The van der Waals surface area contributed by atoms with Crippen molar-refractivity contribution in [3.05, 3.63) is 0 Å². The zero-order valence-electron chi connectivity index (χ0n) is 10.3. The number of sulfone groups is 1. The lowest BCUT2D eigenvalue weighted by Gasteiger charge is -2.29. The molecule has 1 rings (SSSR count). The summed E-state index contributed by atoms with van der Waals surface area (Å²) in [6.07, 6.45) is 0.971. The number of hydrogen-bond donors (Lipinski definition) is 1. The van der Waals surface area contributed by atoms with E-state index in [1.165, 1.54) is 4.90 Å². The standard InChI is InChI=1S/C10H17NO6S/c1-3-11(9(12)6-18(2,15)16)8-5-17-4-7(8)10(13)14/h7-8H,3-6H2,1-2H3,(H,13,14). The lowest BCUT2D eigenvalue weighted by atomic mass is 10.0. The monoisotopic (exact) mass is 279 g/mol. The fraction of sp³-hybridized carbons (Fsp3) is 0.800. The molecule has 1 N–H and O–H groups in total. The Hall–Kier alpha value is -1.15. The van der Waals surface area contributed by atoms with Crippen LogP contribution in [0.3, 0.4) is 0 Å². The highest BCUT2D eigenvalue weighted by atomic mass is 32.2. The van der Waals surface area contributed by atoms with E-state index in [9.17, 15) is 18.0 Å². The van der Waals surface area contributed by atoms with Crippen molar-refractivity contribution in [1.29, 1.82) is 0 Å². The third-order valence-corrected chi connectivity index (χ3v) is 3.59. The van der Waals surface area contributed by atoms with Crippen molar-refractivity contribution >= 4 is 21.7 Å². The van der Waals surface area contributed by atoms with E-state index >= 15 is 0 Å². The summed E-state index contributed by atoms with van der Waals surface area (Å²) in [4.78, 5) is 24.1. The number of carboxylic acids is 1. The third kappa shape index (κ3) is 3.67. The van der Waals surface area contributed by atoms with Gasteiger partial charge in [0.25, 0.3) is 0 Å². The molecule has 7 nitrogen and oxygen atoms in total. The highest BCUT2D eigenvalue weighted by molar-refractivity contribution is 7.91. The van der Waals surface area contributed by atoms with E-state index < -0.39 is 39.4 Å². The van der Waals surface area contributed by atoms with Crippen LogP contribution in [0.4, 0.5) is 0 Å². The first-order valence-electron chi connectivity index (χ1n) is 5.54.